The molecular weight excluding hydrogens is 641 g/mol. The third-order valence-corrected chi connectivity index (χ3v) is 8.10. The van der Waals surface area contributed by atoms with Crippen molar-refractivity contribution < 1.29 is 22.7 Å². The van der Waals surface area contributed by atoms with Gasteiger partial charge < -0.3 is 15.0 Å². The van der Waals surface area contributed by atoms with Crippen LogP contribution in [-0.4, -0.2) is 57.6 Å². The first-order chi connectivity index (χ1) is 19.0. The predicted molar refractivity (Wildman–Crippen MR) is 167 cm³/mol. The van der Waals surface area contributed by atoms with Crippen molar-refractivity contribution >= 4 is 50.1 Å². The van der Waals surface area contributed by atoms with Crippen molar-refractivity contribution in [2.24, 2.45) is 5.92 Å². The summed E-state index contributed by atoms with van der Waals surface area (Å²) in [5, 5.41) is 2.98. The lowest BCUT2D eigenvalue weighted by molar-refractivity contribution is -0.140. The number of rotatable bonds is 13. The Labute approximate surface area is 250 Å². The summed E-state index contributed by atoms with van der Waals surface area (Å²) in [7, 11) is -2.25. The number of hydrogen-bond donors (Lipinski definition) is 1. The van der Waals surface area contributed by atoms with Gasteiger partial charge in [-0.25, -0.2) is 8.42 Å². The van der Waals surface area contributed by atoms with Gasteiger partial charge in [0.2, 0.25) is 21.8 Å². The number of halogens is 1. The molecule has 1 atom stereocenters. The van der Waals surface area contributed by atoms with Gasteiger partial charge in [-0.2, -0.15) is 0 Å². The Morgan fingerprint density at radius 3 is 2.20 bits per heavy atom. The fourth-order valence-electron chi connectivity index (χ4n) is 4.17. The molecule has 3 aromatic rings. The molecule has 40 heavy (non-hydrogen) atoms. The molecule has 0 aromatic heterocycles. The van der Waals surface area contributed by atoms with Gasteiger partial charge in [0.15, 0.2) is 0 Å². The number of ether oxygens (including phenoxy) is 1. The lowest BCUT2D eigenvalue weighted by atomic mass is 10.0. The lowest BCUT2D eigenvalue weighted by Crippen LogP contribution is -2.53. The number of hydrogen-bond acceptors (Lipinski definition) is 5. The minimum Gasteiger partial charge on any atom is -0.497 e. The summed E-state index contributed by atoms with van der Waals surface area (Å²) < 4.78 is 33.1. The zero-order chi connectivity index (χ0) is 29.3. The van der Waals surface area contributed by atoms with Crippen LogP contribution in [0, 0.1) is 9.49 Å². The SMILES string of the molecule is COc1cccc(CN(C(=O)CN(c2ccc(I)cc2)S(C)(=O)=O)[C@@H](Cc2ccccc2)C(=O)NCC(C)C)c1. The van der Waals surface area contributed by atoms with E-state index in [2.05, 4.69) is 27.9 Å². The van der Waals surface area contributed by atoms with Crippen LogP contribution in [0.25, 0.3) is 0 Å². The van der Waals surface area contributed by atoms with Gasteiger partial charge in [0.05, 0.1) is 19.1 Å². The summed E-state index contributed by atoms with van der Waals surface area (Å²) in [5.41, 5.74) is 2.01. The third kappa shape index (κ3) is 9.22. The molecule has 8 nitrogen and oxygen atoms in total. The maximum absolute atomic E-state index is 14.1. The lowest BCUT2D eigenvalue weighted by Gasteiger charge is -2.33. The van der Waals surface area contributed by atoms with E-state index in [9.17, 15) is 18.0 Å². The molecule has 10 heteroatoms. The molecule has 3 rings (SSSR count). The van der Waals surface area contributed by atoms with Crippen molar-refractivity contribution in [2.45, 2.75) is 32.9 Å². The van der Waals surface area contributed by atoms with Crippen LogP contribution in [0.2, 0.25) is 0 Å². The van der Waals surface area contributed by atoms with Crippen LogP contribution < -0.4 is 14.4 Å². The second-order valence-corrected chi connectivity index (χ2v) is 13.1. The normalized spacial score (nSPS) is 12.1. The number of carbonyl (C=O) groups excluding carboxylic acids is 2. The van der Waals surface area contributed by atoms with E-state index >= 15 is 0 Å². The van der Waals surface area contributed by atoms with E-state index in [1.165, 1.54) is 4.90 Å². The fraction of sp³-hybridized carbons (Fsp3) is 0.333. The molecule has 0 aliphatic heterocycles. The van der Waals surface area contributed by atoms with Crippen LogP contribution in [0.3, 0.4) is 0 Å². The van der Waals surface area contributed by atoms with Gasteiger partial charge in [0.25, 0.3) is 0 Å². The monoisotopic (exact) mass is 677 g/mol. The summed E-state index contributed by atoms with van der Waals surface area (Å²) in [6.45, 7) is 4.08. The van der Waals surface area contributed by atoms with Crippen LogP contribution in [0.1, 0.15) is 25.0 Å². The second kappa shape index (κ2) is 14.5. The Hall–Kier alpha value is -3.12. The van der Waals surface area contributed by atoms with Crippen molar-refractivity contribution in [3.8, 4) is 5.75 Å². The number of benzene rings is 3. The molecule has 3 aromatic carbocycles. The Morgan fingerprint density at radius 2 is 1.60 bits per heavy atom. The number of amides is 2. The molecular formula is C30H36IN3O5S. The molecule has 0 unspecified atom stereocenters. The number of methoxy groups -OCH3 is 1. The molecule has 2 amide bonds. The van der Waals surface area contributed by atoms with Gasteiger partial charge in [-0.15, -0.1) is 0 Å². The molecule has 214 valence electrons. The highest BCUT2D eigenvalue weighted by Gasteiger charge is 2.33. The summed E-state index contributed by atoms with van der Waals surface area (Å²) in [4.78, 5) is 29.2. The summed E-state index contributed by atoms with van der Waals surface area (Å²) in [6, 6.07) is 22.8. The standard InChI is InChI=1S/C30H36IN3O5S/c1-22(2)19-32-30(36)28(18-23-9-6-5-7-10-23)33(20-24-11-8-12-27(17-24)39-3)29(35)21-34(40(4,37)38)26-15-13-25(31)14-16-26/h5-17,22,28H,18-21H2,1-4H3,(H,32,36)/t28-/m0/s1. The second-order valence-electron chi connectivity index (χ2n) is 9.96. The first kappa shape index (κ1) is 31.4. The van der Waals surface area contributed by atoms with Crippen molar-refractivity contribution in [1.29, 1.82) is 0 Å². The van der Waals surface area contributed by atoms with Gasteiger partial charge in [-0.3, -0.25) is 13.9 Å². The Morgan fingerprint density at radius 1 is 0.950 bits per heavy atom. The maximum Gasteiger partial charge on any atom is 0.244 e. The first-order valence-corrected chi connectivity index (χ1v) is 15.9. The number of anilines is 1. The average Bonchev–Trinajstić information content (AvgIpc) is 2.92. The molecule has 0 saturated carbocycles. The minimum absolute atomic E-state index is 0.0902. The van der Waals surface area contributed by atoms with Gasteiger partial charge in [-0.05, 0) is 76.0 Å². The van der Waals surface area contributed by atoms with E-state index in [4.69, 9.17) is 4.74 Å². The quantitative estimate of drug-likeness (QED) is 0.270. The van der Waals surface area contributed by atoms with Crippen molar-refractivity contribution in [2.75, 3.05) is 30.8 Å². The average molecular weight is 678 g/mol. The number of nitrogens with zero attached hydrogens (tertiary/aromatic N) is 2. The third-order valence-electron chi connectivity index (χ3n) is 6.24. The van der Waals surface area contributed by atoms with Crippen molar-refractivity contribution in [3.63, 3.8) is 0 Å². The van der Waals surface area contributed by atoms with E-state index in [-0.39, 0.29) is 24.8 Å². The minimum atomic E-state index is -3.81. The fourth-order valence-corrected chi connectivity index (χ4v) is 5.37. The largest absolute Gasteiger partial charge is 0.497 e. The number of carbonyl (C=O) groups is 2. The van der Waals surface area contributed by atoms with E-state index in [0.717, 1.165) is 25.3 Å². The topological polar surface area (TPSA) is 96.0 Å². The molecule has 0 spiro atoms. The van der Waals surface area contributed by atoms with Gasteiger partial charge in [-0.1, -0.05) is 56.3 Å². The molecule has 0 saturated heterocycles. The van der Waals surface area contributed by atoms with Crippen LogP contribution in [0.5, 0.6) is 5.75 Å². The smallest absolute Gasteiger partial charge is 0.244 e. The maximum atomic E-state index is 14.1. The van der Waals surface area contributed by atoms with Gasteiger partial charge in [0, 0.05) is 23.1 Å². The highest BCUT2D eigenvalue weighted by atomic mass is 127. The van der Waals surface area contributed by atoms with Crippen molar-refractivity contribution in [3.05, 3.63) is 93.6 Å². The Kier molecular flexibility index (Phi) is 11.4. The van der Waals surface area contributed by atoms with Gasteiger partial charge >= 0.3 is 0 Å². The predicted octanol–water partition coefficient (Wildman–Crippen LogP) is 4.48. The van der Waals surface area contributed by atoms with Crippen LogP contribution >= 0.6 is 22.6 Å². The van der Waals surface area contributed by atoms with E-state index in [1.54, 1.807) is 43.5 Å². The van der Waals surface area contributed by atoms with Crippen LogP contribution in [-0.2, 0) is 32.6 Å². The highest BCUT2D eigenvalue weighted by Crippen LogP contribution is 2.22. The summed E-state index contributed by atoms with van der Waals surface area (Å²) in [5.74, 6) is 0.0391. The zero-order valence-electron chi connectivity index (χ0n) is 23.2. The van der Waals surface area contributed by atoms with E-state index < -0.39 is 28.5 Å². The molecule has 0 fully saturated rings. The Balaban J connectivity index is 2.05. The molecule has 0 aliphatic carbocycles. The highest BCUT2D eigenvalue weighted by molar-refractivity contribution is 14.1. The first-order valence-electron chi connectivity index (χ1n) is 12.9. The summed E-state index contributed by atoms with van der Waals surface area (Å²) in [6.07, 6.45) is 1.34. The summed E-state index contributed by atoms with van der Waals surface area (Å²) >= 11 is 2.14. The van der Waals surface area contributed by atoms with Crippen LogP contribution in [0.4, 0.5) is 5.69 Å². The van der Waals surface area contributed by atoms with Crippen molar-refractivity contribution in [1.82, 2.24) is 10.2 Å². The van der Waals surface area contributed by atoms with E-state index in [0.29, 0.717) is 18.0 Å². The van der Waals surface area contributed by atoms with Gasteiger partial charge in [0.1, 0.15) is 18.3 Å². The van der Waals surface area contributed by atoms with E-state index in [1.807, 2.05) is 56.3 Å². The molecule has 0 radical (unpaired) electrons. The molecule has 0 bridgehead atoms. The molecule has 0 aliphatic rings. The molecule has 1 N–H and O–H groups in total. The Bertz CT molecular complexity index is 1380. The number of nitrogens with one attached hydrogen (secondary N) is 1. The zero-order valence-corrected chi connectivity index (χ0v) is 26.2. The molecule has 0 heterocycles. The number of sulfonamides is 1. The van der Waals surface area contributed by atoms with Crippen LogP contribution in [0.15, 0.2) is 78.9 Å².